The van der Waals surface area contributed by atoms with Gasteiger partial charge >= 0.3 is 5.51 Å². The van der Waals surface area contributed by atoms with Crippen LogP contribution in [0.15, 0.2) is 17.0 Å². The Morgan fingerprint density at radius 2 is 2.00 bits per heavy atom. The summed E-state index contributed by atoms with van der Waals surface area (Å²) in [5, 5.41) is 9.95. The van der Waals surface area contributed by atoms with E-state index in [-0.39, 0.29) is 36.3 Å². The van der Waals surface area contributed by atoms with Gasteiger partial charge in [-0.2, -0.15) is 13.2 Å². The Labute approximate surface area is 137 Å². The van der Waals surface area contributed by atoms with Crippen LogP contribution in [0.3, 0.4) is 0 Å². The monoisotopic (exact) mass is 363 g/mol. The Balaban J connectivity index is 2.51. The number of fused-ring (bicyclic) bond motifs is 1. The zero-order valence-corrected chi connectivity index (χ0v) is 13.8. The molecule has 0 saturated heterocycles. The van der Waals surface area contributed by atoms with Gasteiger partial charge < -0.3 is 14.7 Å². The molecule has 1 aromatic carbocycles. The van der Waals surface area contributed by atoms with E-state index < -0.39 is 31.9 Å². The van der Waals surface area contributed by atoms with Crippen LogP contribution in [0.1, 0.15) is 37.5 Å². The molecule has 0 saturated carbocycles. The van der Waals surface area contributed by atoms with E-state index in [9.17, 15) is 26.7 Å². The third-order valence-electron chi connectivity index (χ3n) is 3.75. The number of hydrogen-bond acceptors (Lipinski definition) is 4. The fraction of sp³-hybridized carbons (Fsp3) is 0.533. The van der Waals surface area contributed by atoms with Gasteiger partial charge in [0.1, 0.15) is 5.75 Å². The van der Waals surface area contributed by atoms with E-state index >= 15 is 0 Å². The van der Waals surface area contributed by atoms with Crippen LogP contribution in [0.5, 0.6) is 5.75 Å². The minimum atomic E-state index is -5.56. The van der Waals surface area contributed by atoms with Gasteiger partial charge in [-0.15, -0.1) is 0 Å². The number of ether oxygens (including phenoxy) is 1. The predicted octanol–water partition coefficient (Wildman–Crippen LogP) is 3.04. The molecule has 0 aliphatic heterocycles. The molecule has 0 bridgehead atoms. The number of rotatable bonds is 4. The molecule has 1 N–H and O–H groups in total. The lowest BCUT2D eigenvalue weighted by atomic mass is 10.1. The number of aliphatic hydroxyl groups is 1. The molecule has 0 heterocycles. The van der Waals surface area contributed by atoms with Gasteiger partial charge in [0.25, 0.3) is 15.4 Å². The lowest BCUT2D eigenvalue weighted by molar-refractivity contribution is -0.0437. The average molecular weight is 363 g/mol. The first-order chi connectivity index (χ1) is 10.9. The van der Waals surface area contributed by atoms with Crippen molar-refractivity contribution in [3.8, 4) is 5.75 Å². The third-order valence-corrected chi connectivity index (χ3v) is 5.30. The van der Waals surface area contributed by atoms with Gasteiger partial charge in [-0.05, 0) is 25.0 Å². The van der Waals surface area contributed by atoms with Crippen molar-refractivity contribution in [2.45, 2.75) is 48.7 Å². The van der Waals surface area contributed by atoms with Gasteiger partial charge in [-0.3, -0.25) is 0 Å². The Bertz CT molecular complexity index is 794. The number of nitrogens with zero attached hydrogens (tertiary/aromatic N) is 1. The summed E-state index contributed by atoms with van der Waals surface area (Å²) in [5.74, 6) is 0.194. The molecule has 5 nitrogen and oxygen atoms in total. The molecule has 1 aliphatic rings. The molecule has 24 heavy (non-hydrogen) atoms. The lowest BCUT2D eigenvalue weighted by Crippen LogP contribution is -2.26. The predicted molar refractivity (Wildman–Crippen MR) is 79.1 cm³/mol. The first kappa shape index (κ1) is 18.5. The molecule has 0 spiro atoms. The van der Waals surface area contributed by atoms with Crippen LogP contribution >= 0.6 is 0 Å². The quantitative estimate of drug-likeness (QED) is 0.835. The largest absolute Gasteiger partial charge is 0.501 e. The van der Waals surface area contributed by atoms with E-state index in [0.29, 0.717) is 0 Å². The first-order valence-corrected chi connectivity index (χ1v) is 8.55. The van der Waals surface area contributed by atoms with Crippen molar-refractivity contribution in [1.82, 2.24) is 0 Å². The number of aliphatic hydroxyl groups excluding tert-OH is 1. The Morgan fingerprint density at radius 3 is 2.54 bits per heavy atom. The minimum Gasteiger partial charge on any atom is -0.485 e. The van der Waals surface area contributed by atoms with Crippen molar-refractivity contribution in [1.29, 1.82) is 0 Å². The number of hydrogen-bond donors (Lipinski definition) is 1. The molecule has 132 valence electrons. The summed E-state index contributed by atoms with van der Waals surface area (Å²) in [7, 11) is -5.56. The van der Waals surface area contributed by atoms with Gasteiger partial charge in [0, 0.05) is 25.0 Å². The molecule has 0 aromatic heterocycles. The second-order valence-corrected chi connectivity index (χ2v) is 8.08. The second kappa shape index (κ2) is 5.93. The highest BCUT2D eigenvalue weighted by molar-refractivity contribution is 7.92. The second-order valence-electron chi connectivity index (χ2n) is 6.17. The molecule has 9 heteroatoms. The molecule has 0 radical (unpaired) electrons. The fourth-order valence-electron chi connectivity index (χ4n) is 2.45. The van der Waals surface area contributed by atoms with Gasteiger partial charge in [0.15, 0.2) is 6.61 Å². The lowest BCUT2D eigenvalue weighted by Gasteiger charge is -2.18. The van der Waals surface area contributed by atoms with Crippen LogP contribution in [0.4, 0.5) is 13.2 Å². The summed E-state index contributed by atoms with van der Waals surface area (Å²) in [5.41, 5.74) is -6.29. The van der Waals surface area contributed by atoms with Crippen LogP contribution in [-0.4, -0.2) is 31.2 Å². The molecule has 1 atom stereocenters. The van der Waals surface area contributed by atoms with Crippen molar-refractivity contribution < 1.29 is 31.4 Å². The molecule has 1 aromatic rings. The van der Waals surface area contributed by atoms with Crippen molar-refractivity contribution in [3.05, 3.63) is 34.7 Å². The Kier molecular flexibility index (Phi) is 4.59. The standard InChI is InChI=1S/C15H16F3NO4S/c1-14(2,19-3)8-23-11-6-7-12(24(21,22)15(16,17)18)13-9(11)4-5-10(13)20/h6-7,10,20H,4-5,8H2,1-2H3. The van der Waals surface area contributed by atoms with E-state index in [4.69, 9.17) is 11.3 Å². The van der Waals surface area contributed by atoms with Crippen LogP contribution < -0.4 is 4.74 Å². The summed E-state index contributed by atoms with van der Waals surface area (Å²) in [6, 6.07) is 1.95. The van der Waals surface area contributed by atoms with E-state index in [1.165, 1.54) is 0 Å². The molecule has 2 rings (SSSR count). The molecule has 0 amide bonds. The molecule has 0 fully saturated rings. The van der Waals surface area contributed by atoms with E-state index in [1.807, 2.05) is 0 Å². The third kappa shape index (κ3) is 3.21. The summed E-state index contributed by atoms with van der Waals surface area (Å²) in [6.07, 6.45) is -0.988. The summed E-state index contributed by atoms with van der Waals surface area (Å²) in [4.78, 5) is 2.43. The van der Waals surface area contributed by atoms with Gasteiger partial charge in [-0.1, -0.05) is 0 Å². The minimum absolute atomic E-state index is 0.00952. The van der Waals surface area contributed by atoms with Gasteiger partial charge in [-0.25, -0.2) is 15.0 Å². The molecule has 1 aliphatic carbocycles. The highest BCUT2D eigenvalue weighted by Gasteiger charge is 2.49. The first-order valence-electron chi connectivity index (χ1n) is 7.07. The van der Waals surface area contributed by atoms with Crippen molar-refractivity contribution >= 4 is 9.84 Å². The van der Waals surface area contributed by atoms with Crippen LogP contribution in [0.25, 0.3) is 4.85 Å². The van der Waals surface area contributed by atoms with Crippen molar-refractivity contribution in [3.63, 3.8) is 0 Å². The summed E-state index contributed by atoms with van der Waals surface area (Å²) < 4.78 is 67.4. The maximum atomic E-state index is 12.8. The van der Waals surface area contributed by atoms with E-state index in [2.05, 4.69) is 4.85 Å². The number of alkyl halides is 3. The highest BCUT2D eigenvalue weighted by Crippen LogP contribution is 2.44. The number of halogens is 3. The van der Waals surface area contributed by atoms with Crippen LogP contribution in [0, 0.1) is 6.57 Å². The average Bonchev–Trinajstić information content (AvgIpc) is 2.86. The zero-order chi connectivity index (χ0) is 18.3. The van der Waals surface area contributed by atoms with Crippen molar-refractivity contribution in [2.75, 3.05) is 6.61 Å². The topological polar surface area (TPSA) is 68.0 Å². The Morgan fingerprint density at radius 1 is 1.38 bits per heavy atom. The summed E-state index contributed by atoms with van der Waals surface area (Å²) in [6.45, 7) is 10.3. The Hall–Kier alpha value is -1.79. The zero-order valence-electron chi connectivity index (χ0n) is 13.0. The van der Waals surface area contributed by atoms with E-state index in [1.54, 1.807) is 13.8 Å². The maximum Gasteiger partial charge on any atom is 0.501 e. The van der Waals surface area contributed by atoms with E-state index in [0.717, 1.165) is 12.1 Å². The van der Waals surface area contributed by atoms with Crippen molar-refractivity contribution in [2.24, 2.45) is 0 Å². The normalized spacial score (nSPS) is 18.1. The van der Waals surface area contributed by atoms with Gasteiger partial charge in [0.2, 0.25) is 0 Å². The fourth-order valence-corrected chi connectivity index (χ4v) is 3.50. The molecule has 1 unspecified atom stereocenters. The smallest absolute Gasteiger partial charge is 0.485 e. The van der Waals surface area contributed by atoms with Crippen LogP contribution in [-0.2, 0) is 16.3 Å². The van der Waals surface area contributed by atoms with Crippen LogP contribution in [0.2, 0.25) is 0 Å². The number of benzene rings is 1. The summed E-state index contributed by atoms with van der Waals surface area (Å²) >= 11 is 0. The highest BCUT2D eigenvalue weighted by atomic mass is 32.2. The van der Waals surface area contributed by atoms with Gasteiger partial charge in [0.05, 0.1) is 11.0 Å². The SMILES string of the molecule is [C-]#[N+]C(C)(C)COc1ccc(S(=O)(=O)C(F)(F)F)c2c1CCC2O. The maximum absolute atomic E-state index is 12.8. The number of sulfone groups is 1. The molecular weight excluding hydrogens is 347 g/mol. The molecular formula is C15H16F3NO4S.